The van der Waals surface area contributed by atoms with Crippen LogP contribution in [0.4, 0.5) is 0 Å². The molecule has 1 aliphatic rings. The number of halogens is 1. The third kappa shape index (κ3) is 2.53. The molecule has 1 aromatic rings. The molecule has 0 aromatic heterocycles. The molecule has 2 unspecified atom stereocenters. The maximum absolute atomic E-state index is 5.97. The van der Waals surface area contributed by atoms with Crippen molar-refractivity contribution < 1.29 is 0 Å². The minimum atomic E-state index is 0.385. The fourth-order valence-electron chi connectivity index (χ4n) is 1.93. The lowest BCUT2D eigenvalue weighted by molar-refractivity contribution is 0.492. The Hall–Kier alpha value is -0.530. The van der Waals surface area contributed by atoms with Gasteiger partial charge in [0.1, 0.15) is 0 Å². The molecular weight excluding hydrogens is 206 g/mol. The fourth-order valence-corrected chi connectivity index (χ4v) is 2.12. The van der Waals surface area contributed by atoms with Gasteiger partial charge in [-0.3, -0.25) is 0 Å². The standard InChI is InChI=1S/C13H18ClN/c1-9(15-12-8-13(12,2)3)10-5-4-6-11(14)7-10/h4-7,9,12,15H,8H2,1-3H3. The summed E-state index contributed by atoms with van der Waals surface area (Å²) in [6, 6.07) is 9.13. The average Bonchev–Trinajstić information content (AvgIpc) is 2.73. The molecule has 1 saturated carbocycles. The van der Waals surface area contributed by atoms with Gasteiger partial charge in [0, 0.05) is 17.1 Å². The molecule has 0 heterocycles. The van der Waals surface area contributed by atoms with Gasteiger partial charge in [-0.2, -0.15) is 0 Å². The minimum absolute atomic E-state index is 0.385. The highest BCUT2D eigenvalue weighted by Gasteiger charge is 2.45. The van der Waals surface area contributed by atoms with E-state index in [2.05, 4.69) is 32.2 Å². The number of rotatable bonds is 3. The predicted octanol–water partition coefficient (Wildman–Crippen LogP) is 3.79. The molecule has 82 valence electrons. The molecule has 0 bridgehead atoms. The summed E-state index contributed by atoms with van der Waals surface area (Å²) in [7, 11) is 0. The summed E-state index contributed by atoms with van der Waals surface area (Å²) in [5.41, 5.74) is 1.75. The summed E-state index contributed by atoms with van der Waals surface area (Å²) >= 11 is 5.97. The molecule has 2 rings (SSSR count). The molecule has 0 radical (unpaired) electrons. The summed E-state index contributed by atoms with van der Waals surface area (Å²) < 4.78 is 0. The summed E-state index contributed by atoms with van der Waals surface area (Å²) in [5, 5.41) is 4.44. The normalized spacial score (nSPS) is 24.9. The van der Waals surface area contributed by atoms with Crippen molar-refractivity contribution in [3.8, 4) is 0 Å². The Morgan fingerprint density at radius 2 is 2.13 bits per heavy atom. The van der Waals surface area contributed by atoms with E-state index in [4.69, 9.17) is 11.6 Å². The second-order valence-electron chi connectivity index (χ2n) is 5.19. The molecule has 15 heavy (non-hydrogen) atoms. The van der Waals surface area contributed by atoms with E-state index in [1.165, 1.54) is 12.0 Å². The Kier molecular flexibility index (Phi) is 2.78. The maximum atomic E-state index is 5.97. The van der Waals surface area contributed by atoms with E-state index in [1.54, 1.807) is 0 Å². The number of benzene rings is 1. The van der Waals surface area contributed by atoms with Crippen LogP contribution in [-0.4, -0.2) is 6.04 Å². The molecule has 1 fully saturated rings. The van der Waals surface area contributed by atoms with Crippen LogP contribution < -0.4 is 5.32 Å². The van der Waals surface area contributed by atoms with Crippen LogP contribution in [0, 0.1) is 5.41 Å². The van der Waals surface area contributed by atoms with E-state index in [9.17, 15) is 0 Å². The molecule has 0 amide bonds. The van der Waals surface area contributed by atoms with Crippen molar-refractivity contribution in [2.75, 3.05) is 0 Å². The van der Waals surface area contributed by atoms with E-state index < -0.39 is 0 Å². The van der Waals surface area contributed by atoms with Crippen molar-refractivity contribution in [2.24, 2.45) is 5.41 Å². The lowest BCUT2D eigenvalue weighted by Gasteiger charge is -2.15. The quantitative estimate of drug-likeness (QED) is 0.822. The van der Waals surface area contributed by atoms with E-state index in [-0.39, 0.29) is 0 Å². The van der Waals surface area contributed by atoms with Crippen molar-refractivity contribution in [3.63, 3.8) is 0 Å². The second kappa shape index (κ2) is 3.80. The first-order valence-corrected chi connectivity index (χ1v) is 5.88. The smallest absolute Gasteiger partial charge is 0.0409 e. The van der Waals surface area contributed by atoms with E-state index in [0.29, 0.717) is 17.5 Å². The van der Waals surface area contributed by atoms with Gasteiger partial charge in [-0.1, -0.05) is 37.6 Å². The monoisotopic (exact) mass is 223 g/mol. The third-order valence-corrected chi connectivity index (χ3v) is 3.55. The first-order chi connectivity index (χ1) is 6.99. The first-order valence-electron chi connectivity index (χ1n) is 5.50. The van der Waals surface area contributed by atoms with Crippen LogP contribution in [0.2, 0.25) is 5.02 Å². The minimum Gasteiger partial charge on any atom is -0.307 e. The summed E-state index contributed by atoms with van der Waals surface area (Å²) in [4.78, 5) is 0. The summed E-state index contributed by atoms with van der Waals surface area (Å²) in [5.74, 6) is 0. The zero-order chi connectivity index (χ0) is 11.1. The molecule has 0 aliphatic heterocycles. The lowest BCUT2D eigenvalue weighted by Crippen LogP contribution is -2.24. The molecule has 2 atom stereocenters. The van der Waals surface area contributed by atoms with E-state index in [1.807, 2.05) is 18.2 Å². The average molecular weight is 224 g/mol. The number of nitrogens with one attached hydrogen (secondary N) is 1. The van der Waals surface area contributed by atoms with Gasteiger partial charge in [0.05, 0.1) is 0 Å². The summed E-state index contributed by atoms with van der Waals surface area (Å²) in [6.07, 6.45) is 1.28. The topological polar surface area (TPSA) is 12.0 Å². The Morgan fingerprint density at radius 3 is 2.67 bits per heavy atom. The van der Waals surface area contributed by atoms with Crippen LogP contribution >= 0.6 is 11.6 Å². The SMILES string of the molecule is CC(NC1CC1(C)C)c1cccc(Cl)c1. The molecule has 1 aromatic carbocycles. The zero-order valence-corrected chi connectivity index (χ0v) is 10.3. The Balaban J connectivity index is 1.99. The predicted molar refractivity (Wildman–Crippen MR) is 65.2 cm³/mol. The van der Waals surface area contributed by atoms with Crippen molar-refractivity contribution in [1.82, 2.24) is 5.32 Å². The maximum Gasteiger partial charge on any atom is 0.0409 e. The van der Waals surface area contributed by atoms with Crippen LogP contribution in [0.1, 0.15) is 38.8 Å². The number of hydrogen-bond donors (Lipinski definition) is 1. The van der Waals surface area contributed by atoms with Crippen LogP contribution in [0.15, 0.2) is 24.3 Å². The van der Waals surface area contributed by atoms with Crippen molar-refractivity contribution in [1.29, 1.82) is 0 Å². The lowest BCUT2D eigenvalue weighted by atomic mass is 10.1. The highest BCUT2D eigenvalue weighted by atomic mass is 35.5. The van der Waals surface area contributed by atoms with Crippen molar-refractivity contribution in [3.05, 3.63) is 34.9 Å². The molecule has 1 nitrogen and oxygen atoms in total. The van der Waals surface area contributed by atoms with Crippen LogP contribution in [0.5, 0.6) is 0 Å². The molecule has 0 spiro atoms. The Morgan fingerprint density at radius 1 is 1.47 bits per heavy atom. The van der Waals surface area contributed by atoms with Gasteiger partial charge in [0.25, 0.3) is 0 Å². The number of hydrogen-bond acceptors (Lipinski definition) is 1. The van der Waals surface area contributed by atoms with E-state index in [0.717, 1.165) is 5.02 Å². The van der Waals surface area contributed by atoms with E-state index >= 15 is 0 Å². The van der Waals surface area contributed by atoms with Gasteiger partial charge in [-0.25, -0.2) is 0 Å². The van der Waals surface area contributed by atoms with Crippen LogP contribution in [0.3, 0.4) is 0 Å². The van der Waals surface area contributed by atoms with Gasteiger partial charge in [-0.05, 0) is 36.5 Å². The van der Waals surface area contributed by atoms with Crippen LogP contribution in [-0.2, 0) is 0 Å². The second-order valence-corrected chi connectivity index (χ2v) is 5.63. The third-order valence-electron chi connectivity index (χ3n) is 3.31. The van der Waals surface area contributed by atoms with Gasteiger partial charge in [0.15, 0.2) is 0 Å². The van der Waals surface area contributed by atoms with Gasteiger partial charge in [0.2, 0.25) is 0 Å². The largest absolute Gasteiger partial charge is 0.307 e. The molecular formula is C13H18ClN. The highest BCUT2D eigenvalue weighted by molar-refractivity contribution is 6.30. The molecule has 1 aliphatic carbocycles. The van der Waals surface area contributed by atoms with Crippen molar-refractivity contribution >= 4 is 11.6 Å². The zero-order valence-electron chi connectivity index (χ0n) is 9.55. The Bertz CT molecular complexity index is 359. The highest BCUT2D eigenvalue weighted by Crippen LogP contribution is 2.45. The van der Waals surface area contributed by atoms with Crippen molar-refractivity contribution in [2.45, 2.75) is 39.3 Å². The van der Waals surface area contributed by atoms with Gasteiger partial charge >= 0.3 is 0 Å². The molecule has 2 heteroatoms. The Labute approximate surface area is 96.8 Å². The fraction of sp³-hybridized carbons (Fsp3) is 0.538. The molecule has 1 N–H and O–H groups in total. The van der Waals surface area contributed by atoms with Gasteiger partial charge < -0.3 is 5.32 Å². The van der Waals surface area contributed by atoms with Crippen LogP contribution in [0.25, 0.3) is 0 Å². The summed E-state index contributed by atoms with van der Waals surface area (Å²) in [6.45, 7) is 6.80. The molecule has 0 saturated heterocycles. The van der Waals surface area contributed by atoms with Gasteiger partial charge in [-0.15, -0.1) is 0 Å². The first kappa shape index (κ1) is 11.0.